The Morgan fingerprint density at radius 1 is 1.33 bits per heavy atom. The number of aliphatic hydroxyl groups is 2. The first-order valence-electron chi connectivity index (χ1n) is 5.78. The van der Waals surface area contributed by atoms with Crippen LogP contribution in [0.25, 0.3) is 22.5 Å². The molecular formula is C13H14N2O3. The van der Waals surface area contributed by atoms with E-state index in [0.717, 1.165) is 22.5 Å². The maximum atomic E-state index is 12.1. The number of hydrogen-bond donors (Lipinski definition) is 4. The molecule has 0 aromatic rings. The number of fused-ring (bicyclic) bond motifs is 3. The van der Waals surface area contributed by atoms with Crippen LogP contribution in [0.2, 0.25) is 0 Å². The van der Waals surface area contributed by atoms with Crippen molar-refractivity contribution in [2.45, 2.75) is 12.5 Å². The van der Waals surface area contributed by atoms with Crippen molar-refractivity contribution >= 4 is 5.91 Å². The third-order valence-electron chi connectivity index (χ3n) is 3.38. The molecule has 0 bridgehead atoms. The van der Waals surface area contributed by atoms with E-state index >= 15 is 0 Å². The van der Waals surface area contributed by atoms with E-state index in [1.54, 1.807) is 13.0 Å². The standard InChI is InChI=1S/C13H14N2O3/c1-13(5-16,6-17)15-12(18)8-3-2-7-9(8)4-10-11(7)14-10/h2-4,14,16-17H,5-6H2,1H3,(H,15,18). The van der Waals surface area contributed by atoms with Gasteiger partial charge in [0.25, 0.3) is 5.91 Å². The van der Waals surface area contributed by atoms with Crippen LogP contribution < -0.4 is 5.32 Å². The molecule has 0 spiro atoms. The second-order valence-corrected chi connectivity index (χ2v) is 4.96. The topological polar surface area (TPSA) is 85.3 Å². The molecule has 94 valence electrons. The van der Waals surface area contributed by atoms with E-state index in [2.05, 4.69) is 10.3 Å². The summed E-state index contributed by atoms with van der Waals surface area (Å²) in [5.74, 6) is -0.277. The number of aromatic nitrogens is 1. The first-order valence-corrected chi connectivity index (χ1v) is 5.78. The van der Waals surface area contributed by atoms with E-state index in [9.17, 15) is 15.0 Å². The van der Waals surface area contributed by atoms with E-state index in [1.807, 2.05) is 12.1 Å². The predicted octanol–water partition coefficient (Wildman–Crippen LogP) is 0.573. The fraction of sp³-hybridized carbons (Fsp3) is 0.308. The summed E-state index contributed by atoms with van der Waals surface area (Å²) in [6.45, 7) is 0.983. The molecule has 4 N–H and O–H groups in total. The number of carbonyl (C=O) groups excluding carboxylic acids is 1. The quantitative estimate of drug-likeness (QED) is 0.543. The van der Waals surface area contributed by atoms with Crippen LogP contribution in [0.4, 0.5) is 0 Å². The number of carbonyl (C=O) groups is 1. The van der Waals surface area contributed by atoms with Gasteiger partial charge in [-0.15, -0.1) is 0 Å². The van der Waals surface area contributed by atoms with Crippen molar-refractivity contribution in [3.8, 4) is 22.5 Å². The van der Waals surface area contributed by atoms with Crippen molar-refractivity contribution in [3.63, 3.8) is 0 Å². The molecule has 18 heavy (non-hydrogen) atoms. The lowest BCUT2D eigenvalue weighted by atomic mass is 10.0. The third-order valence-corrected chi connectivity index (χ3v) is 3.38. The van der Waals surface area contributed by atoms with Gasteiger partial charge in [0.05, 0.1) is 30.1 Å². The Bertz CT molecular complexity index is 599. The van der Waals surface area contributed by atoms with E-state index in [0.29, 0.717) is 5.56 Å². The number of nitrogens with one attached hydrogen (secondary N) is 2. The van der Waals surface area contributed by atoms with E-state index < -0.39 is 5.54 Å². The first-order chi connectivity index (χ1) is 8.58. The molecule has 0 radical (unpaired) electrons. The van der Waals surface area contributed by atoms with Crippen LogP contribution in [0.15, 0.2) is 18.2 Å². The van der Waals surface area contributed by atoms with Gasteiger partial charge < -0.3 is 20.5 Å². The van der Waals surface area contributed by atoms with Crippen LogP contribution >= 0.6 is 0 Å². The molecule has 3 rings (SSSR count). The summed E-state index contributed by atoms with van der Waals surface area (Å²) in [6, 6.07) is 5.60. The highest BCUT2D eigenvalue weighted by Crippen LogP contribution is 2.45. The monoisotopic (exact) mass is 246 g/mol. The number of hydrogen-bond acceptors (Lipinski definition) is 3. The highest BCUT2D eigenvalue weighted by molar-refractivity contribution is 6.07. The zero-order valence-corrected chi connectivity index (χ0v) is 9.95. The molecule has 0 unspecified atom stereocenters. The van der Waals surface area contributed by atoms with Crippen LogP contribution in [-0.4, -0.2) is 39.9 Å². The fourth-order valence-corrected chi connectivity index (χ4v) is 2.10. The Balaban J connectivity index is 1.86. The van der Waals surface area contributed by atoms with E-state index in [1.165, 1.54) is 0 Å². The summed E-state index contributed by atoms with van der Waals surface area (Å²) in [4.78, 5) is 15.2. The Kier molecular flexibility index (Phi) is 2.23. The zero-order valence-electron chi connectivity index (χ0n) is 9.95. The molecule has 0 aromatic carbocycles. The highest BCUT2D eigenvalue weighted by atomic mass is 16.3. The van der Waals surface area contributed by atoms with Gasteiger partial charge in [0, 0.05) is 11.1 Å². The van der Waals surface area contributed by atoms with Gasteiger partial charge in [0.15, 0.2) is 0 Å². The van der Waals surface area contributed by atoms with E-state index in [-0.39, 0.29) is 19.1 Å². The van der Waals surface area contributed by atoms with Crippen LogP contribution in [0.1, 0.15) is 17.3 Å². The summed E-state index contributed by atoms with van der Waals surface area (Å²) >= 11 is 0. The minimum absolute atomic E-state index is 0.277. The Morgan fingerprint density at radius 3 is 2.72 bits per heavy atom. The summed E-state index contributed by atoms with van der Waals surface area (Å²) in [5, 5.41) is 21.0. The lowest BCUT2D eigenvalue weighted by molar-refractivity contribution is 0.0724. The molecule has 0 fully saturated rings. The Morgan fingerprint density at radius 2 is 2.06 bits per heavy atom. The minimum atomic E-state index is -0.999. The molecule has 0 saturated heterocycles. The predicted molar refractivity (Wildman–Crippen MR) is 66.5 cm³/mol. The van der Waals surface area contributed by atoms with Crippen molar-refractivity contribution in [3.05, 3.63) is 23.8 Å². The molecular weight excluding hydrogens is 232 g/mol. The van der Waals surface area contributed by atoms with Gasteiger partial charge in [-0.1, -0.05) is 6.07 Å². The lowest BCUT2D eigenvalue weighted by Gasteiger charge is -2.26. The largest absolute Gasteiger partial charge is 0.394 e. The number of rotatable bonds is 4. The van der Waals surface area contributed by atoms with Gasteiger partial charge in [-0.05, 0) is 24.6 Å². The number of pyridine rings is 1. The molecule has 5 heteroatoms. The average molecular weight is 246 g/mol. The molecule has 0 aromatic heterocycles. The van der Waals surface area contributed by atoms with Gasteiger partial charge in [-0.2, -0.15) is 0 Å². The van der Waals surface area contributed by atoms with Gasteiger partial charge in [0.2, 0.25) is 0 Å². The molecule has 0 atom stereocenters. The van der Waals surface area contributed by atoms with Gasteiger partial charge in [-0.25, -0.2) is 0 Å². The van der Waals surface area contributed by atoms with Crippen molar-refractivity contribution in [2.24, 2.45) is 0 Å². The number of aromatic amines is 1. The van der Waals surface area contributed by atoms with Crippen molar-refractivity contribution in [1.82, 2.24) is 10.3 Å². The molecule has 1 amide bonds. The van der Waals surface area contributed by atoms with Crippen LogP contribution in [0.3, 0.4) is 0 Å². The Hall–Kier alpha value is -1.85. The zero-order chi connectivity index (χ0) is 12.9. The number of amides is 1. The molecule has 1 heterocycles. The molecule has 2 aliphatic carbocycles. The molecule has 3 aliphatic rings. The molecule has 5 nitrogen and oxygen atoms in total. The van der Waals surface area contributed by atoms with Gasteiger partial charge in [-0.3, -0.25) is 4.79 Å². The third kappa shape index (κ3) is 1.52. The normalized spacial score (nSPS) is 12.8. The van der Waals surface area contributed by atoms with E-state index in [4.69, 9.17) is 0 Å². The summed E-state index contributed by atoms with van der Waals surface area (Å²) < 4.78 is 0. The maximum Gasteiger partial charge on any atom is 0.252 e. The summed E-state index contributed by atoms with van der Waals surface area (Å²) in [6.07, 6.45) is 0. The minimum Gasteiger partial charge on any atom is -0.394 e. The van der Waals surface area contributed by atoms with Crippen LogP contribution in [-0.2, 0) is 0 Å². The molecule has 0 saturated carbocycles. The second kappa shape index (κ2) is 3.57. The Labute approximate surface area is 104 Å². The SMILES string of the molecule is CC(CO)(CO)NC(=O)c1ccc2c3[nH]c-3cc1-2. The highest BCUT2D eigenvalue weighted by Gasteiger charge is 2.31. The maximum absolute atomic E-state index is 12.1. The fourth-order valence-electron chi connectivity index (χ4n) is 2.10. The smallest absolute Gasteiger partial charge is 0.252 e. The molecule has 1 aliphatic heterocycles. The number of H-pyrrole nitrogens is 1. The second-order valence-electron chi connectivity index (χ2n) is 4.96. The van der Waals surface area contributed by atoms with Gasteiger partial charge in [0.1, 0.15) is 0 Å². The average Bonchev–Trinajstić information content (AvgIpc) is 2.85. The van der Waals surface area contributed by atoms with Crippen molar-refractivity contribution in [1.29, 1.82) is 0 Å². The number of aliphatic hydroxyl groups excluding tert-OH is 2. The van der Waals surface area contributed by atoms with Crippen LogP contribution in [0, 0.1) is 0 Å². The van der Waals surface area contributed by atoms with Crippen LogP contribution in [0.5, 0.6) is 0 Å². The lowest BCUT2D eigenvalue weighted by Crippen LogP contribution is -2.51. The van der Waals surface area contributed by atoms with Gasteiger partial charge >= 0.3 is 0 Å². The summed E-state index contributed by atoms with van der Waals surface area (Å²) in [7, 11) is 0. The van der Waals surface area contributed by atoms with Crippen molar-refractivity contribution in [2.75, 3.05) is 13.2 Å². The van der Waals surface area contributed by atoms with Crippen molar-refractivity contribution < 1.29 is 15.0 Å². The first kappa shape index (κ1) is 11.3. The summed E-state index contributed by atoms with van der Waals surface area (Å²) in [5.41, 5.74) is 3.70.